The Morgan fingerprint density at radius 1 is 1.10 bits per heavy atom. The second kappa shape index (κ2) is 10.7. The summed E-state index contributed by atoms with van der Waals surface area (Å²) < 4.78 is 10.9. The lowest BCUT2D eigenvalue weighted by atomic mass is 10.1. The van der Waals surface area contributed by atoms with Crippen LogP contribution < -0.4 is 24.6 Å². The van der Waals surface area contributed by atoms with Gasteiger partial charge in [-0.2, -0.15) is 0 Å². The largest absolute Gasteiger partial charge is 0.497 e. The number of carbonyl (C=O) groups excluding carboxylic acids is 1. The molecule has 0 aromatic heterocycles. The topological polar surface area (TPSA) is 55.2 Å². The summed E-state index contributed by atoms with van der Waals surface area (Å²) in [6, 6.07) is 16.2. The monoisotopic (exact) mass is 398 g/mol. The summed E-state index contributed by atoms with van der Waals surface area (Å²) in [7, 11) is 1.66. The number of rotatable bonds is 9. The number of nitrogens with one attached hydrogen (secondary N) is 2. The molecule has 29 heavy (non-hydrogen) atoms. The summed E-state index contributed by atoms with van der Waals surface area (Å²) in [5.74, 6) is 1.91. The van der Waals surface area contributed by atoms with Gasteiger partial charge in [-0.25, -0.2) is 0 Å². The lowest BCUT2D eigenvalue weighted by Gasteiger charge is -2.34. The lowest BCUT2D eigenvalue weighted by molar-refractivity contribution is -0.892. The highest BCUT2D eigenvalue weighted by molar-refractivity contribution is 5.76. The number of amides is 1. The van der Waals surface area contributed by atoms with Crippen LogP contribution in [0.2, 0.25) is 0 Å². The number of carbonyl (C=O) groups is 1. The molecule has 0 bridgehead atoms. The van der Waals surface area contributed by atoms with Crippen LogP contribution in [0.15, 0.2) is 48.5 Å². The molecule has 1 aliphatic rings. The molecule has 3 rings (SSSR count). The lowest BCUT2D eigenvalue weighted by Crippen LogP contribution is -3.16. The molecule has 1 heterocycles. The van der Waals surface area contributed by atoms with Crippen molar-refractivity contribution in [1.29, 1.82) is 0 Å². The van der Waals surface area contributed by atoms with Crippen LogP contribution in [0.4, 0.5) is 5.69 Å². The minimum atomic E-state index is 0.122. The highest BCUT2D eigenvalue weighted by Crippen LogP contribution is 2.27. The van der Waals surface area contributed by atoms with Gasteiger partial charge in [-0.1, -0.05) is 24.3 Å². The Morgan fingerprint density at radius 2 is 1.83 bits per heavy atom. The molecule has 2 aromatic rings. The Bertz CT molecular complexity index is 771. The first-order valence-electron chi connectivity index (χ1n) is 10.4. The van der Waals surface area contributed by atoms with E-state index in [2.05, 4.69) is 16.3 Å². The zero-order valence-electron chi connectivity index (χ0n) is 17.4. The van der Waals surface area contributed by atoms with Gasteiger partial charge in [0.25, 0.3) is 5.91 Å². The van der Waals surface area contributed by atoms with Crippen molar-refractivity contribution in [3.05, 3.63) is 54.1 Å². The number of benzene rings is 2. The van der Waals surface area contributed by atoms with E-state index in [9.17, 15) is 4.79 Å². The van der Waals surface area contributed by atoms with Gasteiger partial charge in [0.2, 0.25) is 0 Å². The number of anilines is 1. The number of quaternary nitrogens is 1. The highest BCUT2D eigenvalue weighted by Gasteiger charge is 2.23. The Balaban J connectivity index is 1.39. The third-order valence-electron chi connectivity index (χ3n) is 5.28. The normalized spacial score (nSPS) is 14.5. The fourth-order valence-corrected chi connectivity index (χ4v) is 3.66. The maximum absolute atomic E-state index is 12.3. The third-order valence-corrected chi connectivity index (χ3v) is 5.28. The van der Waals surface area contributed by atoms with Crippen LogP contribution in [-0.2, 0) is 11.2 Å². The van der Waals surface area contributed by atoms with Crippen molar-refractivity contribution in [2.75, 3.05) is 57.9 Å². The summed E-state index contributed by atoms with van der Waals surface area (Å²) >= 11 is 0. The van der Waals surface area contributed by atoms with Crippen molar-refractivity contribution in [1.82, 2.24) is 5.32 Å². The van der Waals surface area contributed by atoms with Gasteiger partial charge in [0.1, 0.15) is 11.5 Å². The van der Waals surface area contributed by atoms with Crippen LogP contribution in [0.3, 0.4) is 0 Å². The maximum atomic E-state index is 12.3. The van der Waals surface area contributed by atoms with Crippen molar-refractivity contribution in [3.8, 4) is 11.5 Å². The number of para-hydroxylation sites is 2. The van der Waals surface area contributed by atoms with Crippen LogP contribution in [0.1, 0.15) is 12.5 Å². The number of nitrogens with zero attached hydrogens (tertiary/aromatic N) is 1. The quantitative estimate of drug-likeness (QED) is 0.666. The summed E-state index contributed by atoms with van der Waals surface area (Å²) in [6.07, 6.45) is 0.826. The molecular weight excluding hydrogens is 366 g/mol. The van der Waals surface area contributed by atoms with Crippen molar-refractivity contribution < 1.29 is 19.2 Å². The molecule has 0 radical (unpaired) electrons. The summed E-state index contributed by atoms with van der Waals surface area (Å²) in [5.41, 5.74) is 2.34. The van der Waals surface area contributed by atoms with E-state index in [1.165, 1.54) is 10.5 Å². The molecule has 1 saturated heterocycles. The van der Waals surface area contributed by atoms with Crippen molar-refractivity contribution in [2.24, 2.45) is 0 Å². The first-order valence-corrected chi connectivity index (χ1v) is 10.4. The standard InChI is InChI=1S/C23H31N3O3/c1-3-29-22-7-5-4-6-21(22)26-16-14-25(15-17-26)18-23(27)24-13-12-19-8-10-20(28-2)11-9-19/h4-11H,3,12-18H2,1-2H3,(H,24,27)/p+1. The first-order chi connectivity index (χ1) is 14.2. The summed E-state index contributed by atoms with van der Waals surface area (Å²) in [6.45, 7) is 7.62. The van der Waals surface area contributed by atoms with Crippen LogP contribution in [0, 0.1) is 0 Å². The minimum absolute atomic E-state index is 0.122. The molecule has 0 spiro atoms. The molecular formula is C23H32N3O3+. The average Bonchev–Trinajstić information content (AvgIpc) is 2.75. The Labute approximate surface area is 173 Å². The first kappa shape index (κ1) is 21.0. The second-order valence-corrected chi connectivity index (χ2v) is 7.26. The highest BCUT2D eigenvalue weighted by atomic mass is 16.5. The van der Waals surface area contributed by atoms with Gasteiger partial charge in [0.05, 0.1) is 45.6 Å². The number of ether oxygens (including phenoxy) is 2. The average molecular weight is 399 g/mol. The van der Waals surface area contributed by atoms with Crippen molar-refractivity contribution >= 4 is 11.6 Å². The van der Waals surface area contributed by atoms with E-state index in [1.807, 2.05) is 49.4 Å². The SMILES string of the molecule is CCOc1ccccc1N1CC[NH+](CC(=O)NCCc2ccc(OC)cc2)CC1. The summed E-state index contributed by atoms with van der Waals surface area (Å²) in [5, 5.41) is 3.05. The van der Waals surface area contributed by atoms with E-state index in [1.54, 1.807) is 7.11 Å². The van der Waals surface area contributed by atoms with Gasteiger partial charge in [0.15, 0.2) is 6.54 Å². The zero-order chi connectivity index (χ0) is 20.5. The molecule has 2 aromatic carbocycles. The fourth-order valence-electron chi connectivity index (χ4n) is 3.66. The molecule has 1 amide bonds. The molecule has 2 N–H and O–H groups in total. The molecule has 0 unspecified atom stereocenters. The Kier molecular flexibility index (Phi) is 7.76. The van der Waals surface area contributed by atoms with Crippen LogP contribution >= 0.6 is 0 Å². The number of methoxy groups -OCH3 is 1. The molecule has 156 valence electrons. The number of piperazine rings is 1. The van der Waals surface area contributed by atoms with E-state index in [4.69, 9.17) is 9.47 Å². The van der Waals surface area contributed by atoms with E-state index < -0.39 is 0 Å². The predicted octanol–water partition coefficient (Wildman–Crippen LogP) is 1.16. The van der Waals surface area contributed by atoms with Gasteiger partial charge in [-0.05, 0) is 43.2 Å². The molecule has 1 aliphatic heterocycles. The van der Waals surface area contributed by atoms with Crippen LogP contribution in [0.25, 0.3) is 0 Å². The van der Waals surface area contributed by atoms with Gasteiger partial charge in [-0.15, -0.1) is 0 Å². The van der Waals surface area contributed by atoms with Gasteiger partial charge in [0, 0.05) is 6.54 Å². The molecule has 0 atom stereocenters. The number of hydrogen-bond acceptors (Lipinski definition) is 4. The molecule has 0 saturated carbocycles. The Morgan fingerprint density at radius 3 is 2.52 bits per heavy atom. The molecule has 1 fully saturated rings. The smallest absolute Gasteiger partial charge is 0.275 e. The molecule has 6 heteroatoms. The predicted molar refractivity (Wildman–Crippen MR) is 115 cm³/mol. The van der Waals surface area contributed by atoms with Gasteiger partial charge >= 0.3 is 0 Å². The van der Waals surface area contributed by atoms with E-state index in [-0.39, 0.29) is 5.91 Å². The number of hydrogen-bond donors (Lipinski definition) is 2. The Hall–Kier alpha value is -2.73. The summed E-state index contributed by atoms with van der Waals surface area (Å²) in [4.78, 5) is 16.0. The second-order valence-electron chi connectivity index (χ2n) is 7.26. The maximum Gasteiger partial charge on any atom is 0.275 e. The fraction of sp³-hybridized carbons (Fsp3) is 0.435. The van der Waals surface area contributed by atoms with E-state index in [0.29, 0.717) is 19.7 Å². The van der Waals surface area contributed by atoms with Crippen LogP contribution in [-0.4, -0.2) is 58.9 Å². The molecule has 0 aliphatic carbocycles. The van der Waals surface area contributed by atoms with Gasteiger partial charge < -0.3 is 24.6 Å². The van der Waals surface area contributed by atoms with Crippen molar-refractivity contribution in [3.63, 3.8) is 0 Å². The van der Waals surface area contributed by atoms with Gasteiger partial charge in [-0.3, -0.25) is 4.79 Å². The molecule has 6 nitrogen and oxygen atoms in total. The third kappa shape index (κ3) is 6.12. The van der Waals surface area contributed by atoms with Crippen LogP contribution in [0.5, 0.6) is 11.5 Å². The zero-order valence-corrected chi connectivity index (χ0v) is 17.4. The van der Waals surface area contributed by atoms with E-state index >= 15 is 0 Å². The van der Waals surface area contributed by atoms with E-state index in [0.717, 1.165) is 49.8 Å². The minimum Gasteiger partial charge on any atom is -0.497 e. The van der Waals surface area contributed by atoms with Crippen molar-refractivity contribution in [2.45, 2.75) is 13.3 Å².